The van der Waals surface area contributed by atoms with Gasteiger partial charge in [-0.2, -0.15) is 5.06 Å². The Morgan fingerprint density at radius 3 is 2.14 bits per heavy atom. The van der Waals surface area contributed by atoms with Gasteiger partial charge in [-0.1, -0.05) is 19.1 Å². The fraction of sp³-hybridized carbons (Fsp3) is 0.611. The zero-order valence-electron chi connectivity index (χ0n) is 14.2. The molecule has 0 aromatic heterocycles. The maximum Gasteiger partial charge on any atom is 0.338 e. The van der Waals surface area contributed by atoms with E-state index in [1.54, 1.807) is 0 Å². The van der Waals surface area contributed by atoms with Gasteiger partial charge in [0.1, 0.15) is 6.10 Å². The van der Waals surface area contributed by atoms with Crippen molar-refractivity contribution in [3.8, 4) is 0 Å². The first kappa shape index (κ1) is 17.0. The molecule has 0 radical (unpaired) electrons. The zero-order chi connectivity index (χ0) is 16.5. The topological polar surface area (TPSA) is 49.8 Å². The second kappa shape index (κ2) is 6.01. The van der Waals surface area contributed by atoms with Gasteiger partial charge in [-0.25, -0.2) is 4.79 Å². The van der Waals surface area contributed by atoms with Crippen LogP contribution in [0.1, 0.15) is 63.4 Å². The van der Waals surface area contributed by atoms with Gasteiger partial charge in [0.05, 0.1) is 5.56 Å². The first-order chi connectivity index (χ1) is 10.2. The molecule has 0 amide bonds. The van der Waals surface area contributed by atoms with Gasteiger partial charge in [-0.3, -0.25) is 0 Å². The predicted octanol–water partition coefficient (Wildman–Crippen LogP) is 3.82. The first-order valence-electron chi connectivity index (χ1n) is 7.95. The van der Waals surface area contributed by atoms with E-state index in [1.165, 1.54) is 10.6 Å². The highest BCUT2D eigenvalue weighted by molar-refractivity contribution is 5.89. The number of aryl methyl sites for hydroxylation is 1. The Morgan fingerprint density at radius 1 is 1.18 bits per heavy atom. The quantitative estimate of drug-likeness (QED) is 0.863. The molecule has 0 spiro atoms. The molecule has 1 saturated heterocycles. The fourth-order valence-electron chi connectivity index (χ4n) is 3.36. The van der Waals surface area contributed by atoms with E-state index in [0.717, 1.165) is 6.42 Å². The van der Waals surface area contributed by atoms with E-state index in [9.17, 15) is 10.0 Å². The molecular formula is C18H27NO3. The molecule has 1 aromatic carbocycles. The zero-order valence-corrected chi connectivity index (χ0v) is 14.2. The van der Waals surface area contributed by atoms with Gasteiger partial charge < -0.3 is 9.94 Å². The van der Waals surface area contributed by atoms with Crippen molar-refractivity contribution >= 4 is 5.97 Å². The van der Waals surface area contributed by atoms with Crippen LogP contribution in [-0.4, -0.2) is 33.4 Å². The molecule has 1 aliphatic rings. The summed E-state index contributed by atoms with van der Waals surface area (Å²) in [6, 6.07) is 7.55. The van der Waals surface area contributed by atoms with Crippen LogP contribution in [0.25, 0.3) is 0 Å². The summed E-state index contributed by atoms with van der Waals surface area (Å²) >= 11 is 0. The molecule has 1 aliphatic heterocycles. The number of hydrogen-bond acceptors (Lipinski definition) is 4. The summed E-state index contributed by atoms with van der Waals surface area (Å²) in [6.45, 7) is 9.94. The number of carbonyl (C=O) groups excluding carboxylic acids is 1. The van der Waals surface area contributed by atoms with Crippen LogP contribution in [0, 0.1) is 0 Å². The van der Waals surface area contributed by atoms with Crippen LogP contribution in [0.2, 0.25) is 0 Å². The molecule has 0 atom stereocenters. The Balaban J connectivity index is 2.08. The standard InChI is InChI=1S/C18H27NO3/c1-6-13-7-9-14(10-8-13)16(20)22-15-11-17(2,3)19(21)18(4,5)12-15/h7-10,15,21H,6,11-12H2,1-5H3. The van der Waals surface area contributed by atoms with Crippen molar-refractivity contribution < 1.29 is 14.7 Å². The Kier molecular flexibility index (Phi) is 4.64. The van der Waals surface area contributed by atoms with Crippen LogP contribution in [0.3, 0.4) is 0 Å². The molecular weight excluding hydrogens is 278 g/mol. The highest BCUT2D eigenvalue weighted by Gasteiger charge is 2.46. The van der Waals surface area contributed by atoms with Crippen LogP contribution in [-0.2, 0) is 11.2 Å². The third-order valence-electron chi connectivity index (χ3n) is 4.47. The van der Waals surface area contributed by atoms with E-state index >= 15 is 0 Å². The molecule has 2 rings (SSSR count). The van der Waals surface area contributed by atoms with Crippen molar-refractivity contribution in [3.05, 3.63) is 35.4 Å². The number of piperidine rings is 1. The highest BCUT2D eigenvalue weighted by atomic mass is 16.5. The summed E-state index contributed by atoms with van der Waals surface area (Å²) in [5.74, 6) is -0.286. The molecule has 1 heterocycles. The lowest BCUT2D eigenvalue weighted by atomic mass is 9.80. The first-order valence-corrected chi connectivity index (χ1v) is 7.95. The smallest absolute Gasteiger partial charge is 0.338 e. The van der Waals surface area contributed by atoms with Gasteiger partial charge in [0.15, 0.2) is 0 Å². The normalized spacial score (nSPS) is 21.5. The van der Waals surface area contributed by atoms with Crippen molar-refractivity contribution in [2.75, 3.05) is 0 Å². The Bertz CT molecular complexity index is 516. The van der Waals surface area contributed by atoms with E-state index in [-0.39, 0.29) is 12.1 Å². The maximum absolute atomic E-state index is 12.3. The molecule has 0 aliphatic carbocycles. The van der Waals surface area contributed by atoms with E-state index in [0.29, 0.717) is 18.4 Å². The number of hydrogen-bond donors (Lipinski definition) is 1. The van der Waals surface area contributed by atoms with E-state index in [4.69, 9.17) is 4.74 Å². The van der Waals surface area contributed by atoms with E-state index in [1.807, 2.05) is 52.0 Å². The number of benzene rings is 1. The minimum absolute atomic E-state index is 0.188. The summed E-state index contributed by atoms with van der Waals surface area (Å²) in [6.07, 6.45) is 2.00. The minimum Gasteiger partial charge on any atom is -0.459 e. The van der Waals surface area contributed by atoms with Crippen molar-refractivity contribution in [1.29, 1.82) is 0 Å². The molecule has 0 saturated carbocycles. The van der Waals surface area contributed by atoms with Gasteiger partial charge >= 0.3 is 5.97 Å². The molecule has 4 nitrogen and oxygen atoms in total. The Hall–Kier alpha value is -1.39. The summed E-state index contributed by atoms with van der Waals surface area (Å²) < 4.78 is 5.69. The third kappa shape index (κ3) is 3.50. The second-order valence-corrected chi connectivity index (χ2v) is 7.42. The lowest BCUT2D eigenvalue weighted by Gasteiger charge is -2.50. The highest BCUT2D eigenvalue weighted by Crippen LogP contribution is 2.38. The largest absolute Gasteiger partial charge is 0.459 e. The molecule has 22 heavy (non-hydrogen) atoms. The SMILES string of the molecule is CCc1ccc(C(=O)OC2CC(C)(C)N(O)C(C)(C)C2)cc1. The average molecular weight is 305 g/mol. The number of hydroxylamine groups is 2. The molecule has 1 fully saturated rings. The molecule has 1 N–H and O–H groups in total. The Labute approximate surface area is 133 Å². The summed E-state index contributed by atoms with van der Waals surface area (Å²) in [4.78, 5) is 12.3. The lowest BCUT2D eigenvalue weighted by Crippen LogP contribution is -2.60. The van der Waals surface area contributed by atoms with Crippen molar-refractivity contribution in [1.82, 2.24) is 5.06 Å². The van der Waals surface area contributed by atoms with Gasteiger partial charge in [-0.15, -0.1) is 0 Å². The molecule has 1 aromatic rings. The molecule has 0 bridgehead atoms. The van der Waals surface area contributed by atoms with Gasteiger partial charge in [0.25, 0.3) is 0 Å². The second-order valence-electron chi connectivity index (χ2n) is 7.42. The molecule has 122 valence electrons. The van der Waals surface area contributed by atoms with Gasteiger partial charge in [-0.05, 0) is 51.8 Å². The molecule has 0 unspecified atom stereocenters. The number of ether oxygens (including phenoxy) is 1. The van der Waals surface area contributed by atoms with Crippen LogP contribution in [0.4, 0.5) is 0 Å². The number of carbonyl (C=O) groups is 1. The van der Waals surface area contributed by atoms with E-state index < -0.39 is 11.1 Å². The average Bonchev–Trinajstić information content (AvgIpc) is 2.44. The van der Waals surface area contributed by atoms with Gasteiger partial charge in [0.2, 0.25) is 0 Å². The van der Waals surface area contributed by atoms with Crippen LogP contribution in [0.5, 0.6) is 0 Å². The third-order valence-corrected chi connectivity index (χ3v) is 4.47. The van der Waals surface area contributed by atoms with Crippen LogP contribution in [0.15, 0.2) is 24.3 Å². The maximum atomic E-state index is 12.3. The number of esters is 1. The monoisotopic (exact) mass is 305 g/mol. The Morgan fingerprint density at radius 2 is 1.68 bits per heavy atom. The molecule has 4 heteroatoms. The van der Waals surface area contributed by atoms with E-state index in [2.05, 4.69) is 6.92 Å². The number of nitrogens with zero attached hydrogens (tertiary/aromatic N) is 1. The van der Waals surface area contributed by atoms with Crippen molar-refractivity contribution in [2.45, 2.75) is 71.1 Å². The summed E-state index contributed by atoms with van der Waals surface area (Å²) in [5, 5.41) is 11.7. The predicted molar refractivity (Wildman–Crippen MR) is 86.0 cm³/mol. The van der Waals surface area contributed by atoms with Gasteiger partial charge in [0, 0.05) is 23.9 Å². The fourth-order valence-corrected chi connectivity index (χ4v) is 3.36. The van der Waals surface area contributed by atoms with Crippen molar-refractivity contribution in [2.24, 2.45) is 0 Å². The number of rotatable bonds is 3. The summed E-state index contributed by atoms with van der Waals surface area (Å²) in [7, 11) is 0. The van der Waals surface area contributed by atoms with Crippen LogP contribution < -0.4 is 0 Å². The lowest BCUT2D eigenvalue weighted by molar-refractivity contribution is -0.256. The van der Waals surface area contributed by atoms with Crippen LogP contribution >= 0.6 is 0 Å². The summed E-state index contributed by atoms with van der Waals surface area (Å²) in [5.41, 5.74) is 0.948. The minimum atomic E-state index is -0.418. The van der Waals surface area contributed by atoms with Crippen molar-refractivity contribution in [3.63, 3.8) is 0 Å².